The molecule has 0 aliphatic rings. The van der Waals surface area contributed by atoms with Crippen LogP contribution >= 0.6 is 0 Å². The Morgan fingerprint density at radius 1 is 1.42 bits per heavy atom. The Balaban J connectivity index is 3.19. The predicted octanol–water partition coefficient (Wildman–Crippen LogP) is -1.28. The Labute approximate surface area is 72.1 Å². The maximum atomic E-state index is 9.98. The minimum atomic E-state index is -1.32. The summed E-state index contributed by atoms with van der Waals surface area (Å²) in [7, 11) is 0. The van der Waals surface area contributed by atoms with Gasteiger partial charge in [-0.3, -0.25) is 0 Å². The topological polar surface area (TPSA) is 104 Å². The number of hydrogen-bond donors (Lipinski definition) is 3. The third kappa shape index (κ3) is 7.30. The molecule has 0 spiro atoms. The van der Waals surface area contributed by atoms with Crippen LogP contribution in [0.15, 0.2) is 0 Å². The Morgan fingerprint density at radius 2 is 2.08 bits per heavy atom. The molecule has 0 saturated carbocycles. The summed E-state index contributed by atoms with van der Waals surface area (Å²) in [5.74, 6) is 0. The second-order valence-electron chi connectivity index (χ2n) is 2.68. The van der Waals surface area contributed by atoms with Crippen LogP contribution < -0.4 is 21.9 Å². The maximum Gasteiger partial charge on any atom is 0.135 e. The monoisotopic (exact) mass is 174 g/mol. The molecule has 0 rings (SSSR count). The lowest BCUT2D eigenvalue weighted by atomic mass is 10.1. The van der Waals surface area contributed by atoms with Crippen LogP contribution in [0.4, 0.5) is 4.79 Å². The van der Waals surface area contributed by atoms with Gasteiger partial charge in [0.15, 0.2) is 0 Å². The summed E-state index contributed by atoms with van der Waals surface area (Å²) in [5.41, 5.74) is 10.7. The zero-order valence-corrected chi connectivity index (χ0v) is 7.08. The van der Waals surface area contributed by atoms with E-state index in [4.69, 9.17) is 11.5 Å². The van der Waals surface area contributed by atoms with E-state index >= 15 is 0 Å². The van der Waals surface area contributed by atoms with Crippen molar-refractivity contribution < 1.29 is 9.90 Å². The van der Waals surface area contributed by atoms with Gasteiger partial charge in [-0.2, -0.15) is 0 Å². The molecule has 1 atom stereocenters. The van der Waals surface area contributed by atoms with E-state index in [9.17, 15) is 9.90 Å². The Bertz CT molecular complexity index is 130. The lowest BCUT2D eigenvalue weighted by molar-refractivity contribution is -0.251. The van der Waals surface area contributed by atoms with Crippen molar-refractivity contribution in [2.24, 2.45) is 11.5 Å². The second-order valence-corrected chi connectivity index (χ2v) is 2.68. The molecule has 5 heteroatoms. The van der Waals surface area contributed by atoms with Gasteiger partial charge in [0.1, 0.15) is 6.09 Å². The zero-order chi connectivity index (χ0) is 9.40. The van der Waals surface area contributed by atoms with Gasteiger partial charge in [-0.15, -0.1) is 0 Å². The summed E-state index contributed by atoms with van der Waals surface area (Å²) in [6, 6.07) is 0. The molecule has 1 unspecified atom stereocenters. The predicted molar refractivity (Wildman–Crippen MR) is 44.0 cm³/mol. The highest BCUT2D eigenvalue weighted by atomic mass is 16.4. The molecular formula is C7H16N3O2-. The highest BCUT2D eigenvalue weighted by Gasteiger charge is 1.99. The van der Waals surface area contributed by atoms with Crippen LogP contribution in [0, 0.1) is 0 Å². The third-order valence-corrected chi connectivity index (χ3v) is 1.52. The first-order valence-electron chi connectivity index (χ1n) is 4.10. The summed E-state index contributed by atoms with van der Waals surface area (Å²) >= 11 is 0. The van der Waals surface area contributed by atoms with Crippen molar-refractivity contribution in [1.82, 2.24) is 5.32 Å². The Kier molecular flexibility index (Phi) is 6.41. The summed E-state index contributed by atoms with van der Waals surface area (Å²) in [4.78, 5) is 9.98. The number of nitrogens with one attached hydrogen (secondary N) is 1. The van der Waals surface area contributed by atoms with Crippen molar-refractivity contribution in [3.8, 4) is 0 Å². The smallest absolute Gasteiger partial charge is 0.135 e. The van der Waals surface area contributed by atoms with Crippen molar-refractivity contribution in [3.63, 3.8) is 0 Å². The largest absolute Gasteiger partial charge is 0.530 e. The number of carbonyl (C=O) groups excluding carboxylic acids is 1. The number of unbranched alkanes of at least 4 members (excludes halogenated alkanes) is 2. The second kappa shape index (κ2) is 6.87. The first-order valence-corrected chi connectivity index (χ1v) is 4.10. The molecular weight excluding hydrogens is 158 g/mol. The van der Waals surface area contributed by atoms with Crippen molar-refractivity contribution in [2.75, 3.05) is 6.54 Å². The first kappa shape index (κ1) is 11.2. The minimum absolute atomic E-state index is 0.507. The average Bonchev–Trinajstić information content (AvgIpc) is 1.97. The van der Waals surface area contributed by atoms with Crippen LogP contribution in [-0.2, 0) is 0 Å². The lowest BCUT2D eigenvalue weighted by Gasteiger charge is -2.14. The Hall–Kier alpha value is -0.810. The summed E-state index contributed by atoms with van der Waals surface area (Å²) in [5, 5.41) is 12.0. The molecule has 0 aliphatic carbocycles. The van der Waals surface area contributed by atoms with Crippen molar-refractivity contribution in [3.05, 3.63) is 0 Å². The molecule has 0 saturated heterocycles. The standard InChI is InChI=1S/C7H17N3O2/c8-5-3-1-2-4-6(9)10-7(11)12/h6,10H,1-5,8-9H2,(H,11,12)/p-1. The van der Waals surface area contributed by atoms with Crippen LogP contribution in [0.2, 0.25) is 0 Å². The number of rotatable bonds is 6. The van der Waals surface area contributed by atoms with Crippen LogP contribution in [0.3, 0.4) is 0 Å². The molecule has 72 valence electrons. The van der Waals surface area contributed by atoms with Crippen LogP contribution in [0.5, 0.6) is 0 Å². The van der Waals surface area contributed by atoms with Crippen molar-refractivity contribution in [1.29, 1.82) is 0 Å². The SMILES string of the molecule is NCCCCCC(N)NC(=O)[O-]. The molecule has 5 nitrogen and oxygen atoms in total. The number of carbonyl (C=O) groups is 1. The van der Waals surface area contributed by atoms with Gasteiger partial charge < -0.3 is 26.7 Å². The van der Waals surface area contributed by atoms with Gasteiger partial charge in [-0.05, 0) is 19.4 Å². The molecule has 5 N–H and O–H groups in total. The average molecular weight is 174 g/mol. The van der Waals surface area contributed by atoms with Gasteiger partial charge in [0.25, 0.3) is 0 Å². The van der Waals surface area contributed by atoms with Gasteiger partial charge in [-0.1, -0.05) is 12.8 Å². The van der Waals surface area contributed by atoms with E-state index in [-0.39, 0.29) is 0 Å². The van der Waals surface area contributed by atoms with Gasteiger partial charge in [0.05, 0.1) is 6.17 Å². The Morgan fingerprint density at radius 3 is 2.58 bits per heavy atom. The van der Waals surface area contributed by atoms with Crippen LogP contribution in [0.25, 0.3) is 0 Å². The highest BCUT2D eigenvalue weighted by molar-refractivity contribution is 5.62. The quantitative estimate of drug-likeness (QED) is 0.344. The molecule has 12 heavy (non-hydrogen) atoms. The molecule has 0 bridgehead atoms. The number of carboxylic acid groups (broad SMARTS) is 1. The third-order valence-electron chi connectivity index (χ3n) is 1.52. The van der Waals surface area contributed by atoms with Crippen LogP contribution in [-0.4, -0.2) is 18.8 Å². The summed E-state index contributed by atoms with van der Waals surface area (Å²) in [6.07, 6.45) is 1.64. The number of amides is 1. The van der Waals surface area contributed by atoms with E-state index < -0.39 is 12.3 Å². The van der Waals surface area contributed by atoms with E-state index in [1.54, 1.807) is 0 Å². The molecule has 0 radical (unpaired) electrons. The van der Waals surface area contributed by atoms with Crippen molar-refractivity contribution >= 4 is 6.09 Å². The first-order chi connectivity index (χ1) is 5.66. The molecule has 0 aliphatic heterocycles. The van der Waals surface area contributed by atoms with E-state index in [1.807, 2.05) is 0 Å². The fourth-order valence-corrected chi connectivity index (χ4v) is 0.909. The highest BCUT2D eigenvalue weighted by Crippen LogP contribution is 1.99. The fraction of sp³-hybridized carbons (Fsp3) is 0.857. The molecule has 1 amide bonds. The minimum Gasteiger partial charge on any atom is -0.530 e. The van der Waals surface area contributed by atoms with Gasteiger partial charge in [0, 0.05) is 0 Å². The van der Waals surface area contributed by atoms with E-state index in [0.717, 1.165) is 19.3 Å². The zero-order valence-electron chi connectivity index (χ0n) is 7.08. The normalized spacial score (nSPS) is 12.5. The molecule has 0 aromatic carbocycles. The molecule has 0 heterocycles. The van der Waals surface area contributed by atoms with Gasteiger partial charge >= 0.3 is 0 Å². The lowest BCUT2D eigenvalue weighted by Crippen LogP contribution is -2.47. The number of nitrogens with two attached hydrogens (primary N) is 2. The van der Waals surface area contributed by atoms with Gasteiger partial charge in [0.2, 0.25) is 0 Å². The fourth-order valence-electron chi connectivity index (χ4n) is 0.909. The van der Waals surface area contributed by atoms with Gasteiger partial charge in [-0.25, -0.2) is 0 Å². The van der Waals surface area contributed by atoms with E-state index in [2.05, 4.69) is 5.32 Å². The van der Waals surface area contributed by atoms with E-state index in [0.29, 0.717) is 13.0 Å². The summed E-state index contributed by atoms with van der Waals surface area (Å²) < 4.78 is 0. The van der Waals surface area contributed by atoms with E-state index in [1.165, 1.54) is 0 Å². The number of hydrogen-bond acceptors (Lipinski definition) is 4. The molecule has 0 aromatic heterocycles. The van der Waals surface area contributed by atoms with Crippen molar-refractivity contribution in [2.45, 2.75) is 31.8 Å². The summed E-state index contributed by atoms with van der Waals surface area (Å²) in [6.45, 7) is 0.670. The molecule has 0 aromatic rings. The molecule has 0 fully saturated rings. The maximum absolute atomic E-state index is 9.98. The van der Waals surface area contributed by atoms with Crippen LogP contribution in [0.1, 0.15) is 25.7 Å².